The molecule has 0 saturated carbocycles. The highest BCUT2D eigenvalue weighted by Gasteiger charge is 2.13. The second-order valence-electron chi connectivity index (χ2n) is 12.1. The van der Waals surface area contributed by atoms with Crippen molar-refractivity contribution in [3.05, 3.63) is 227 Å². The molecule has 0 unspecified atom stereocenters. The third-order valence-electron chi connectivity index (χ3n) is 8.66. The first kappa shape index (κ1) is 34.8. The molecule has 0 spiro atoms. The van der Waals surface area contributed by atoms with Crippen LogP contribution in [0.3, 0.4) is 0 Å². The maximum atomic E-state index is 3.49. The van der Waals surface area contributed by atoms with Gasteiger partial charge in [-0.05, 0) is 119 Å². The summed E-state index contributed by atoms with van der Waals surface area (Å²) in [4.78, 5) is 4.54. The van der Waals surface area contributed by atoms with Crippen LogP contribution in [0.4, 0.5) is 34.1 Å². The van der Waals surface area contributed by atoms with Crippen molar-refractivity contribution in [1.82, 2.24) is 0 Å². The molecule has 8 rings (SSSR count). The van der Waals surface area contributed by atoms with E-state index in [1.807, 2.05) is 24.3 Å². The zero-order valence-corrected chi connectivity index (χ0v) is 31.6. The Balaban J connectivity index is 0.000000162. The number of nitrogens with zero attached hydrogens (tertiary/aromatic N) is 2. The molecule has 252 valence electrons. The van der Waals surface area contributed by atoms with Gasteiger partial charge in [-0.1, -0.05) is 153 Å². The highest BCUT2D eigenvalue weighted by atomic mass is 79.9. The Bertz CT molecular complexity index is 2010. The van der Waals surface area contributed by atoms with Crippen molar-refractivity contribution in [2.24, 2.45) is 0 Å². The van der Waals surface area contributed by atoms with E-state index in [0.29, 0.717) is 0 Å². The summed E-state index contributed by atoms with van der Waals surface area (Å²) in [5, 5.41) is 0. The van der Waals surface area contributed by atoms with Gasteiger partial charge in [0.15, 0.2) is 0 Å². The van der Waals surface area contributed by atoms with Crippen molar-refractivity contribution in [3.8, 4) is 22.3 Å². The summed E-state index contributed by atoms with van der Waals surface area (Å²) >= 11 is 6.99. The lowest BCUT2D eigenvalue weighted by Gasteiger charge is -2.25. The van der Waals surface area contributed by atoms with Crippen molar-refractivity contribution in [3.63, 3.8) is 0 Å². The number of hydrogen-bond donors (Lipinski definition) is 0. The lowest BCUT2D eigenvalue weighted by Crippen LogP contribution is -2.09. The van der Waals surface area contributed by atoms with Gasteiger partial charge in [0, 0.05) is 43.1 Å². The summed E-state index contributed by atoms with van der Waals surface area (Å²) in [6, 6.07) is 76.1. The van der Waals surface area contributed by atoms with Gasteiger partial charge in [0.25, 0.3) is 0 Å². The van der Waals surface area contributed by atoms with Gasteiger partial charge in [0.1, 0.15) is 0 Å². The molecule has 0 radical (unpaired) electrons. The van der Waals surface area contributed by atoms with Crippen molar-refractivity contribution >= 4 is 66.0 Å². The SMILES string of the molecule is Brc1ccc(-c2ccc(N(c3ccccc3)c3ccccc3)cc2)cc1.Brc1ccc(-c2ccc(N(c3ccccc3)c3ccccc3)cc2)cc1. The second-order valence-corrected chi connectivity index (χ2v) is 14.0. The first-order chi connectivity index (χ1) is 25.6. The Labute approximate surface area is 323 Å². The standard InChI is InChI=1S/2C24H18BrN/c2*25-21-15-11-19(12-16-21)20-13-17-24(18-14-20)26(22-7-3-1-4-8-22)23-9-5-2-6-10-23/h2*1-18H. The Kier molecular flexibility index (Phi) is 11.4. The smallest absolute Gasteiger partial charge is 0.0462 e. The van der Waals surface area contributed by atoms with E-state index >= 15 is 0 Å². The Morgan fingerprint density at radius 3 is 0.635 bits per heavy atom. The maximum Gasteiger partial charge on any atom is 0.0462 e. The highest BCUT2D eigenvalue weighted by molar-refractivity contribution is 9.10. The van der Waals surface area contributed by atoms with Crippen LogP contribution in [0.5, 0.6) is 0 Å². The van der Waals surface area contributed by atoms with E-state index in [4.69, 9.17) is 0 Å². The molecule has 0 amide bonds. The first-order valence-electron chi connectivity index (χ1n) is 17.1. The predicted molar refractivity (Wildman–Crippen MR) is 229 cm³/mol. The third-order valence-corrected chi connectivity index (χ3v) is 9.72. The number of halogens is 2. The van der Waals surface area contributed by atoms with Crippen LogP contribution in [-0.2, 0) is 0 Å². The average molecular weight is 801 g/mol. The number of anilines is 6. The molecule has 2 nitrogen and oxygen atoms in total. The van der Waals surface area contributed by atoms with E-state index in [0.717, 1.165) is 43.1 Å². The lowest BCUT2D eigenvalue weighted by atomic mass is 10.0. The second kappa shape index (κ2) is 17.0. The van der Waals surface area contributed by atoms with Gasteiger partial charge in [-0.25, -0.2) is 0 Å². The van der Waals surface area contributed by atoms with Crippen LogP contribution in [0.25, 0.3) is 22.3 Å². The molecule has 0 aromatic heterocycles. The number of rotatable bonds is 8. The van der Waals surface area contributed by atoms with Crippen molar-refractivity contribution < 1.29 is 0 Å². The van der Waals surface area contributed by atoms with Gasteiger partial charge in [-0.3, -0.25) is 0 Å². The molecule has 0 heterocycles. The van der Waals surface area contributed by atoms with E-state index < -0.39 is 0 Å². The minimum absolute atomic E-state index is 1.09. The summed E-state index contributed by atoms with van der Waals surface area (Å²) in [6.45, 7) is 0. The van der Waals surface area contributed by atoms with Crippen molar-refractivity contribution in [2.45, 2.75) is 0 Å². The van der Waals surface area contributed by atoms with E-state index in [2.05, 4.69) is 236 Å². The van der Waals surface area contributed by atoms with Crippen molar-refractivity contribution in [2.75, 3.05) is 9.80 Å². The van der Waals surface area contributed by atoms with E-state index in [-0.39, 0.29) is 0 Å². The van der Waals surface area contributed by atoms with Gasteiger partial charge in [-0.2, -0.15) is 0 Å². The summed E-state index contributed by atoms with van der Waals surface area (Å²) in [5.41, 5.74) is 11.7. The molecule has 0 N–H and O–H groups in total. The summed E-state index contributed by atoms with van der Waals surface area (Å²) < 4.78 is 2.19. The number of para-hydroxylation sites is 4. The third kappa shape index (κ3) is 8.60. The molecule has 4 heteroatoms. The summed E-state index contributed by atoms with van der Waals surface area (Å²) in [7, 11) is 0. The summed E-state index contributed by atoms with van der Waals surface area (Å²) in [5.74, 6) is 0. The van der Waals surface area contributed by atoms with Crippen LogP contribution >= 0.6 is 31.9 Å². The monoisotopic (exact) mass is 798 g/mol. The van der Waals surface area contributed by atoms with Crippen LogP contribution in [-0.4, -0.2) is 0 Å². The van der Waals surface area contributed by atoms with Gasteiger partial charge in [0.05, 0.1) is 0 Å². The summed E-state index contributed by atoms with van der Waals surface area (Å²) in [6.07, 6.45) is 0. The van der Waals surface area contributed by atoms with Crippen LogP contribution in [0.2, 0.25) is 0 Å². The van der Waals surface area contributed by atoms with Crippen LogP contribution in [0.15, 0.2) is 227 Å². The van der Waals surface area contributed by atoms with E-state index in [1.54, 1.807) is 0 Å². The van der Waals surface area contributed by atoms with Crippen LogP contribution < -0.4 is 9.80 Å². The fraction of sp³-hybridized carbons (Fsp3) is 0. The van der Waals surface area contributed by atoms with E-state index in [9.17, 15) is 0 Å². The molecule has 0 aliphatic carbocycles. The van der Waals surface area contributed by atoms with E-state index in [1.165, 1.54) is 22.3 Å². The average Bonchev–Trinajstić information content (AvgIpc) is 3.21. The van der Waals surface area contributed by atoms with Crippen LogP contribution in [0, 0.1) is 0 Å². The molecule has 0 fully saturated rings. The normalized spacial score (nSPS) is 10.5. The van der Waals surface area contributed by atoms with Gasteiger partial charge >= 0.3 is 0 Å². The zero-order valence-electron chi connectivity index (χ0n) is 28.4. The number of benzene rings is 8. The Morgan fingerprint density at radius 1 is 0.212 bits per heavy atom. The fourth-order valence-electron chi connectivity index (χ4n) is 6.09. The molecule has 0 bridgehead atoms. The quantitative estimate of drug-likeness (QED) is 0.151. The Morgan fingerprint density at radius 2 is 0.404 bits per heavy atom. The zero-order chi connectivity index (χ0) is 35.5. The molecular formula is C48H36Br2N2. The largest absolute Gasteiger partial charge is 0.311 e. The number of hydrogen-bond acceptors (Lipinski definition) is 2. The van der Waals surface area contributed by atoms with Crippen molar-refractivity contribution in [1.29, 1.82) is 0 Å². The molecule has 8 aromatic rings. The minimum atomic E-state index is 1.09. The molecule has 0 aliphatic heterocycles. The topological polar surface area (TPSA) is 6.48 Å². The molecule has 8 aromatic carbocycles. The predicted octanol–water partition coefficient (Wildman–Crippen LogP) is 15.2. The fourth-order valence-corrected chi connectivity index (χ4v) is 6.62. The van der Waals surface area contributed by atoms with Gasteiger partial charge < -0.3 is 9.80 Å². The molecular weight excluding hydrogens is 764 g/mol. The van der Waals surface area contributed by atoms with Crippen LogP contribution in [0.1, 0.15) is 0 Å². The lowest BCUT2D eigenvalue weighted by molar-refractivity contribution is 1.28. The molecule has 0 atom stereocenters. The highest BCUT2D eigenvalue weighted by Crippen LogP contribution is 2.37. The first-order valence-corrected chi connectivity index (χ1v) is 18.7. The van der Waals surface area contributed by atoms with Gasteiger partial charge in [-0.15, -0.1) is 0 Å². The Hall–Kier alpha value is -5.68. The maximum absolute atomic E-state index is 3.49. The van der Waals surface area contributed by atoms with Gasteiger partial charge in [0.2, 0.25) is 0 Å². The minimum Gasteiger partial charge on any atom is -0.311 e. The molecule has 52 heavy (non-hydrogen) atoms. The molecule has 0 saturated heterocycles. The molecule has 0 aliphatic rings.